The van der Waals surface area contributed by atoms with Gasteiger partial charge in [-0.2, -0.15) is 11.3 Å². The maximum Gasteiger partial charge on any atom is 0.317 e. The Hall–Kier alpha value is -1.11. The molecule has 2 saturated heterocycles. The molecule has 0 spiro atoms. The van der Waals surface area contributed by atoms with E-state index in [2.05, 4.69) is 27.0 Å². The van der Waals surface area contributed by atoms with Crippen molar-refractivity contribution in [1.29, 1.82) is 0 Å². The fourth-order valence-corrected chi connectivity index (χ4v) is 3.93. The van der Waals surface area contributed by atoms with Gasteiger partial charge in [0.15, 0.2) is 0 Å². The Morgan fingerprint density at radius 1 is 1.57 bits per heavy atom. The highest BCUT2D eigenvalue weighted by Gasteiger charge is 2.44. The van der Waals surface area contributed by atoms with Crippen LogP contribution in [0.1, 0.15) is 18.4 Å². The van der Waals surface area contributed by atoms with Gasteiger partial charge in [-0.3, -0.25) is 4.90 Å². The number of urea groups is 1. The number of rotatable bonds is 3. The molecule has 2 aliphatic rings. The molecule has 116 valence electrons. The van der Waals surface area contributed by atoms with Gasteiger partial charge in [0.1, 0.15) is 0 Å². The Morgan fingerprint density at radius 2 is 2.43 bits per heavy atom. The van der Waals surface area contributed by atoms with Gasteiger partial charge in [0.25, 0.3) is 0 Å². The number of likely N-dealkylation sites (tertiary alicyclic amines) is 1. The lowest BCUT2D eigenvalue weighted by Gasteiger charge is -2.32. The fraction of sp³-hybridized carbons (Fsp3) is 0.667. The molecule has 0 bridgehead atoms. The molecule has 0 aliphatic carbocycles. The number of carbonyl (C=O) groups is 1. The van der Waals surface area contributed by atoms with E-state index in [1.54, 1.807) is 30.3 Å². The molecule has 6 heteroatoms. The third-order valence-electron chi connectivity index (χ3n) is 4.31. The van der Waals surface area contributed by atoms with Crippen molar-refractivity contribution in [1.82, 2.24) is 15.1 Å². The molecule has 3 rings (SSSR count). The van der Waals surface area contributed by atoms with Crippen LogP contribution >= 0.6 is 11.3 Å². The van der Waals surface area contributed by atoms with Crippen LogP contribution in [-0.2, 0) is 11.3 Å². The Labute approximate surface area is 129 Å². The van der Waals surface area contributed by atoms with Gasteiger partial charge < -0.3 is 15.0 Å². The van der Waals surface area contributed by atoms with Gasteiger partial charge in [-0.1, -0.05) is 0 Å². The summed E-state index contributed by atoms with van der Waals surface area (Å²) in [5.74, 6) is 0. The third-order valence-corrected chi connectivity index (χ3v) is 5.04. The van der Waals surface area contributed by atoms with Crippen molar-refractivity contribution >= 4 is 17.4 Å². The SMILES string of the molecule is CN(C)C(=O)N[C@@H]1CN(Cc2ccsc2)[C@@H]2CCCO[C@@H]21. The van der Waals surface area contributed by atoms with Gasteiger partial charge in [-0.15, -0.1) is 0 Å². The average Bonchev–Trinajstić information content (AvgIpc) is 3.09. The van der Waals surface area contributed by atoms with Crippen LogP contribution in [0.25, 0.3) is 0 Å². The highest BCUT2D eigenvalue weighted by molar-refractivity contribution is 7.07. The van der Waals surface area contributed by atoms with E-state index in [0.717, 1.165) is 32.5 Å². The Kier molecular flexibility index (Phi) is 4.47. The number of hydrogen-bond donors (Lipinski definition) is 1. The van der Waals surface area contributed by atoms with Gasteiger partial charge in [0, 0.05) is 39.8 Å². The van der Waals surface area contributed by atoms with E-state index >= 15 is 0 Å². The topological polar surface area (TPSA) is 44.8 Å². The van der Waals surface area contributed by atoms with E-state index in [1.165, 1.54) is 5.56 Å². The molecule has 1 aromatic rings. The van der Waals surface area contributed by atoms with Crippen molar-refractivity contribution in [2.75, 3.05) is 27.2 Å². The Balaban J connectivity index is 1.69. The highest BCUT2D eigenvalue weighted by atomic mass is 32.1. The number of amides is 2. The normalized spacial score (nSPS) is 29.1. The van der Waals surface area contributed by atoms with E-state index in [9.17, 15) is 4.79 Å². The van der Waals surface area contributed by atoms with Crippen LogP contribution < -0.4 is 5.32 Å². The summed E-state index contributed by atoms with van der Waals surface area (Å²) >= 11 is 1.73. The molecule has 0 saturated carbocycles. The first-order chi connectivity index (χ1) is 10.1. The zero-order valence-corrected chi connectivity index (χ0v) is 13.4. The summed E-state index contributed by atoms with van der Waals surface area (Å²) in [6, 6.07) is 2.65. The predicted molar refractivity (Wildman–Crippen MR) is 83.5 cm³/mol. The molecular weight excluding hydrogens is 286 g/mol. The van der Waals surface area contributed by atoms with Crippen molar-refractivity contribution in [3.63, 3.8) is 0 Å². The monoisotopic (exact) mass is 309 g/mol. The lowest BCUT2D eigenvalue weighted by molar-refractivity contribution is -0.0207. The second-order valence-electron chi connectivity index (χ2n) is 6.06. The van der Waals surface area contributed by atoms with Crippen LogP contribution in [0.2, 0.25) is 0 Å². The summed E-state index contributed by atoms with van der Waals surface area (Å²) in [6.07, 6.45) is 2.39. The van der Waals surface area contributed by atoms with Gasteiger partial charge >= 0.3 is 6.03 Å². The molecule has 21 heavy (non-hydrogen) atoms. The van der Waals surface area contributed by atoms with Gasteiger partial charge in [-0.25, -0.2) is 4.79 Å². The molecule has 2 fully saturated rings. The van der Waals surface area contributed by atoms with Crippen LogP contribution in [0.3, 0.4) is 0 Å². The maximum absolute atomic E-state index is 11.9. The summed E-state index contributed by atoms with van der Waals surface area (Å²) in [7, 11) is 3.54. The largest absolute Gasteiger partial charge is 0.374 e. The predicted octanol–water partition coefficient (Wildman–Crippen LogP) is 1.75. The quantitative estimate of drug-likeness (QED) is 0.925. The number of nitrogens with one attached hydrogen (secondary N) is 1. The molecular formula is C15H23N3O2S. The molecule has 3 heterocycles. The van der Waals surface area contributed by atoms with E-state index in [-0.39, 0.29) is 18.2 Å². The summed E-state index contributed by atoms with van der Waals surface area (Å²) in [5.41, 5.74) is 1.35. The first-order valence-electron chi connectivity index (χ1n) is 7.49. The summed E-state index contributed by atoms with van der Waals surface area (Å²) < 4.78 is 5.97. The second-order valence-corrected chi connectivity index (χ2v) is 6.84. The second kappa shape index (κ2) is 6.34. The van der Waals surface area contributed by atoms with E-state index in [1.807, 2.05) is 0 Å². The number of thiophene rings is 1. The smallest absolute Gasteiger partial charge is 0.317 e. The minimum Gasteiger partial charge on any atom is -0.374 e. The van der Waals surface area contributed by atoms with Crippen molar-refractivity contribution in [3.05, 3.63) is 22.4 Å². The average molecular weight is 309 g/mol. The maximum atomic E-state index is 11.9. The fourth-order valence-electron chi connectivity index (χ4n) is 3.27. The molecule has 1 aromatic heterocycles. The summed E-state index contributed by atoms with van der Waals surface area (Å²) in [4.78, 5) is 16.0. The summed E-state index contributed by atoms with van der Waals surface area (Å²) in [6.45, 7) is 2.62. The number of nitrogens with zero attached hydrogens (tertiary/aromatic N) is 2. The molecule has 1 N–H and O–H groups in total. The Bertz CT molecular complexity index is 477. The van der Waals surface area contributed by atoms with Crippen molar-refractivity contribution in [2.45, 2.75) is 37.6 Å². The molecule has 0 aromatic carbocycles. The van der Waals surface area contributed by atoms with Crippen LogP contribution in [0, 0.1) is 0 Å². The lowest BCUT2D eigenvalue weighted by atomic mass is 10.0. The molecule has 0 unspecified atom stereocenters. The van der Waals surface area contributed by atoms with Gasteiger partial charge in [-0.05, 0) is 35.2 Å². The third kappa shape index (κ3) is 3.22. The minimum atomic E-state index is -0.0368. The van der Waals surface area contributed by atoms with E-state index in [4.69, 9.17) is 4.74 Å². The lowest BCUT2D eigenvalue weighted by Crippen LogP contribution is -2.50. The zero-order chi connectivity index (χ0) is 14.8. The van der Waals surface area contributed by atoms with Crippen molar-refractivity contribution in [2.24, 2.45) is 0 Å². The number of ether oxygens (including phenoxy) is 1. The molecule has 0 radical (unpaired) electrons. The standard InChI is InChI=1S/C15H23N3O2S/c1-17(2)15(19)16-12-9-18(8-11-5-7-21-10-11)13-4-3-6-20-14(12)13/h5,7,10,12-14H,3-4,6,8-9H2,1-2H3,(H,16,19)/t12-,13-,14-/m1/s1. The zero-order valence-electron chi connectivity index (χ0n) is 12.6. The van der Waals surface area contributed by atoms with Crippen LogP contribution in [-0.4, -0.2) is 61.3 Å². The number of fused-ring (bicyclic) bond motifs is 1. The molecule has 3 atom stereocenters. The number of carbonyl (C=O) groups excluding carboxylic acids is 1. The molecule has 2 amide bonds. The van der Waals surface area contributed by atoms with Gasteiger partial charge in [0.2, 0.25) is 0 Å². The van der Waals surface area contributed by atoms with Crippen LogP contribution in [0.4, 0.5) is 4.79 Å². The van der Waals surface area contributed by atoms with E-state index in [0.29, 0.717) is 6.04 Å². The van der Waals surface area contributed by atoms with Crippen molar-refractivity contribution in [3.8, 4) is 0 Å². The van der Waals surface area contributed by atoms with Crippen LogP contribution in [0.15, 0.2) is 16.8 Å². The van der Waals surface area contributed by atoms with E-state index < -0.39 is 0 Å². The Morgan fingerprint density at radius 3 is 3.14 bits per heavy atom. The van der Waals surface area contributed by atoms with Crippen molar-refractivity contribution < 1.29 is 9.53 Å². The van der Waals surface area contributed by atoms with Crippen LogP contribution in [0.5, 0.6) is 0 Å². The summed E-state index contributed by atoms with van der Waals surface area (Å²) in [5, 5.41) is 7.43. The molecule has 5 nitrogen and oxygen atoms in total. The number of hydrogen-bond acceptors (Lipinski definition) is 4. The van der Waals surface area contributed by atoms with Gasteiger partial charge in [0.05, 0.1) is 12.1 Å². The highest BCUT2D eigenvalue weighted by Crippen LogP contribution is 2.30. The first-order valence-corrected chi connectivity index (χ1v) is 8.44. The minimum absolute atomic E-state index is 0.0368. The first kappa shape index (κ1) is 14.8. The molecule has 2 aliphatic heterocycles.